The van der Waals surface area contributed by atoms with Crippen molar-refractivity contribution < 1.29 is 24.9 Å². The highest BCUT2D eigenvalue weighted by Crippen LogP contribution is 2.36. The third-order valence-electron chi connectivity index (χ3n) is 5.97. The highest BCUT2D eigenvalue weighted by Gasteiger charge is 2.39. The van der Waals surface area contributed by atoms with Crippen molar-refractivity contribution in [2.45, 2.75) is 89.6 Å². The van der Waals surface area contributed by atoms with Crippen LogP contribution in [-0.2, 0) is 16.0 Å². The van der Waals surface area contributed by atoms with Gasteiger partial charge in [-0.1, -0.05) is 54.6 Å². The van der Waals surface area contributed by atoms with Crippen LogP contribution in [0.2, 0.25) is 0 Å². The van der Waals surface area contributed by atoms with E-state index in [1.165, 1.54) is 5.56 Å². The minimum atomic E-state index is -0.595. The van der Waals surface area contributed by atoms with Crippen LogP contribution < -0.4 is 0 Å². The number of allylic oxidation sites excluding steroid dienone is 2. The first-order chi connectivity index (χ1) is 15.4. The van der Waals surface area contributed by atoms with Crippen LogP contribution in [0, 0.1) is 11.8 Å². The molecule has 5 heteroatoms. The third kappa shape index (κ3) is 9.68. The van der Waals surface area contributed by atoms with Gasteiger partial charge < -0.3 is 20.1 Å². The summed E-state index contributed by atoms with van der Waals surface area (Å²) in [6.45, 7) is 3.68. The Bertz CT molecular complexity index is 712. The second-order valence-electron chi connectivity index (χ2n) is 9.08. The van der Waals surface area contributed by atoms with Crippen molar-refractivity contribution in [3.05, 3.63) is 60.2 Å². The number of aliphatic hydroxyl groups excluding tert-OH is 3. The van der Waals surface area contributed by atoms with Crippen LogP contribution >= 0.6 is 0 Å². The Morgan fingerprint density at radius 1 is 1.12 bits per heavy atom. The van der Waals surface area contributed by atoms with Crippen LogP contribution in [0.15, 0.2) is 54.6 Å². The number of benzene rings is 1. The van der Waals surface area contributed by atoms with E-state index < -0.39 is 18.3 Å². The quantitative estimate of drug-likeness (QED) is 0.239. The van der Waals surface area contributed by atoms with Crippen molar-refractivity contribution in [3.8, 4) is 0 Å². The molecule has 1 aromatic carbocycles. The lowest BCUT2D eigenvalue weighted by atomic mass is 9.89. The normalized spacial score (nSPS) is 24.6. The number of ether oxygens (including phenoxy) is 1. The molecular weight excluding hydrogens is 404 g/mol. The second-order valence-corrected chi connectivity index (χ2v) is 9.08. The van der Waals surface area contributed by atoms with Crippen molar-refractivity contribution in [1.82, 2.24) is 0 Å². The van der Waals surface area contributed by atoms with Crippen LogP contribution in [0.4, 0.5) is 0 Å². The number of esters is 1. The summed E-state index contributed by atoms with van der Waals surface area (Å²) >= 11 is 0. The average molecular weight is 445 g/mol. The molecule has 0 aromatic heterocycles. The molecule has 1 aliphatic rings. The Morgan fingerprint density at radius 3 is 2.59 bits per heavy atom. The van der Waals surface area contributed by atoms with Gasteiger partial charge in [0.05, 0.1) is 24.4 Å². The van der Waals surface area contributed by atoms with Gasteiger partial charge in [0.2, 0.25) is 0 Å². The van der Waals surface area contributed by atoms with Gasteiger partial charge >= 0.3 is 5.97 Å². The number of rotatable bonds is 13. The summed E-state index contributed by atoms with van der Waals surface area (Å²) in [5, 5.41) is 31.1. The highest BCUT2D eigenvalue weighted by molar-refractivity contribution is 5.69. The van der Waals surface area contributed by atoms with Gasteiger partial charge in [-0.3, -0.25) is 4.79 Å². The molecule has 0 aliphatic heterocycles. The Morgan fingerprint density at radius 2 is 1.88 bits per heavy atom. The zero-order chi connectivity index (χ0) is 23.3. The second kappa shape index (κ2) is 14.2. The monoisotopic (exact) mass is 444 g/mol. The van der Waals surface area contributed by atoms with Gasteiger partial charge in [0.1, 0.15) is 0 Å². The topological polar surface area (TPSA) is 87.0 Å². The minimum absolute atomic E-state index is 0.0695. The van der Waals surface area contributed by atoms with Crippen LogP contribution in [0.3, 0.4) is 0 Å². The Labute approximate surface area is 192 Å². The molecule has 2 unspecified atom stereocenters. The zero-order valence-corrected chi connectivity index (χ0v) is 19.5. The van der Waals surface area contributed by atoms with E-state index in [4.69, 9.17) is 4.74 Å². The fraction of sp³-hybridized carbons (Fsp3) is 0.593. The number of hydrogen-bond donors (Lipinski definition) is 3. The molecule has 178 valence electrons. The summed E-state index contributed by atoms with van der Waals surface area (Å²) in [7, 11) is 0. The molecule has 0 radical (unpaired) electrons. The van der Waals surface area contributed by atoms with Gasteiger partial charge in [-0.05, 0) is 63.9 Å². The molecular formula is C27H40O5. The lowest BCUT2D eigenvalue weighted by Crippen LogP contribution is -2.20. The summed E-state index contributed by atoms with van der Waals surface area (Å²) < 4.78 is 5.12. The minimum Gasteiger partial charge on any atom is -0.463 e. The molecule has 5 atom stereocenters. The summed E-state index contributed by atoms with van der Waals surface area (Å²) in [6, 6.07) is 10.2. The number of hydrogen-bond acceptors (Lipinski definition) is 5. The maximum atomic E-state index is 11.5. The van der Waals surface area contributed by atoms with Gasteiger partial charge in [0, 0.05) is 18.8 Å². The fourth-order valence-electron chi connectivity index (χ4n) is 4.28. The van der Waals surface area contributed by atoms with Gasteiger partial charge in [-0.15, -0.1) is 0 Å². The van der Waals surface area contributed by atoms with Crippen molar-refractivity contribution in [3.63, 3.8) is 0 Å². The molecule has 0 heterocycles. The SMILES string of the molecule is CC(C)OC(=O)CCC/C=C\CC1C(/C=C/[C@@H](O)CCCc2ccccc2)[C@H](O)C[C@@H]1O. The predicted octanol–water partition coefficient (Wildman–Crippen LogP) is 4.35. The van der Waals surface area contributed by atoms with E-state index >= 15 is 0 Å². The Balaban J connectivity index is 1.73. The van der Waals surface area contributed by atoms with E-state index in [1.807, 2.05) is 50.3 Å². The summed E-state index contributed by atoms with van der Waals surface area (Å²) in [5.74, 6) is -0.408. The summed E-state index contributed by atoms with van der Waals surface area (Å²) in [4.78, 5) is 11.5. The summed E-state index contributed by atoms with van der Waals surface area (Å²) in [5.41, 5.74) is 1.27. The van der Waals surface area contributed by atoms with E-state index in [2.05, 4.69) is 12.1 Å². The van der Waals surface area contributed by atoms with Crippen molar-refractivity contribution >= 4 is 5.97 Å². The molecule has 5 nitrogen and oxygen atoms in total. The first kappa shape index (κ1) is 26.3. The summed E-state index contributed by atoms with van der Waals surface area (Å²) in [6.07, 6.45) is 11.3. The van der Waals surface area contributed by atoms with Gasteiger partial charge in [-0.25, -0.2) is 0 Å². The number of carbonyl (C=O) groups is 1. The van der Waals surface area contributed by atoms with E-state index in [-0.39, 0.29) is 23.9 Å². The third-order valence-corrected chi connectivity index (χ3v) is 5.97. The molecule has 0 saturated heterocycles. The van der Waals surface area contributed by atoms with Crippen LogP contribution in [0.5, 0.6) is 0 Å². The van der Waals surface area contributed by atoms with Crippen molar-refractivity contribution in [2.24, 2.45) is 11.8 Å². The number of aliphatic hydroxyl groups is 3. The van der Waals surface area contributed by atoms with Crippen molar-refractivity contribution in [2.75, 3.05) is 0 Å². The van der Waals surface area contributed by atoms with Gasteiger partial charge in [0.25, 0.3) is 0 Å². The number of carbonyl (C=O) groups excluding carboxylic acids is 1. The molecule has 1 aromatic rings. The molecule has 3 N–H and O–H groups in total. The van der Waals surface area contributed by atoms with Gasteiger partial charge in [0.15, 0.2) is 0 Å². The molecule has 32 heavy (non-hydrogen) atoms. The first-order valence-corrected chi connectivity index (χ1v) is 12.0. The number of aryl methyl sites for hydroxylation is 1. The lowest BCUT2D eigenvalue weighted by molar-refractivity contribution is -0.147. The van der Waals surface area contributed by atoms with E-state index in [0.717, 1.165) is 25.7 Å². The standard InChI is InChI=1S/C27H40O5/c1-20(2)32-27(31)16-9-4-3-8-15-23-24(26(30)19-25(23)29)18-17-22(28)14-10-13-21-11-6-5-7-12-21/h3,5-8,11-12,17-18,20,22-26,28-30H,4,9-10,13-16,19H2,1-2H3/b8-3-,18-17+/t22-,23?,24?,25-,26+/m0/s1. The predicted molar refractivity (Wildman–Crippen MR) is 127 cm³/mol. The van der Waals surface area contributed by atoms with Crippen LogP contribution in [0.1, 0.15) is 64.4 Å². The Kier molecular flexibility index (Phi) is 11.7. The molecule has 1 saturated carbocycles. The van der Waals surface area contributed by atoms with E-state index in [1.54, 1.807) is 6.08 Å². The first-order valence-electron chi connectivity index (χ1n) is 12.0. The lowest BCUT2D eigenvalue weighted by Gasteiger charge is -2.19. The maximum absolute atomic E-state index is 11.5. The molecule has 0 spiro atoms. The maximum Gasteiger partial charge on any atom is 0.306 e. The molecule has 1 aliphatic carbocycles. The van der Waals surface area contributed by atoms with Crippen molar-refractivity contribution in [1.29, 1.82) is 0 Å². The highest BCUT2D eigenvalue weighted by atomic mass is 16.5. The van der Waals surface area contributed by atoms with Gasteiger partial charge in [-0.2, -0.15) is 0 Å². The number of unbranched alkanes of at least 4 members (excludes halogenated alkanes) is 1. The smallest absolute Gasteiger partial charge is 0.306 e. The van der Waals surface area contributed by atoms with Crippen LogP contribution in [0.25, 0.3) is 0 Å². The Hall–Kier alpha value is -1.95. The van der Waals surface area contributed by atoms with E-state index in [0.29, 0.717) is 25.7 Å². The zero-order valence-electron chi connectivity index (χ0n) is 19.5. The largest absolute Gasteiger partial charge is 0.463 e. The molecule has 1 fully saturated rings. The molecule has 2 rings (SSSR count). The molecule has 0 bridgehead atoms. The average Bonchev–Trinajstić information content (AvgIpc) is 3.01. The molecule has 0 amide bonds. The van der Waals surface area contributed by atoms with Crippen LogP contribution in [-0.4, -0.2) is 45.7 Å². The van der Waals surface area contributed by atoms with E-state index in [9.17, 15) is 20.1 Å². The fourth-order valence-corrected chi connectivity index (χ4v) is 4.28.